The van der Waals surface area contributed by atoms with Crippen molar-refractivity contribution in [1.29, 1.82) is 0 Å². The molecule has 0 saturated carbocycles. The first kappa shape index (κ1) is 10.8. The Kier molecular flexibility index (Phi) is 2.49. The zero-order valence-corrected chi connectivity index (χ0v) is 9.82. The summed E-state index contributed by atoms with van der Waals surface area (Å²) in [7, 11) is 0. The second-order valence-electron chi connectivity index (χ2n) is 3.67. The number of amides is 1. The molecule has 3 N–H and O–H groups in total. The normalized spacial score (nSPS) is 17.1. The first-order valence-corrected chi connectivity index (χ1v) is 5.55. The number of nitrogens with one attached hydrogen (secondary N) is 3. The third kappa shape index (κ3) is 1.82. The highest BCUT2D eigenvalue weighted by Crippen LogP contribution is 2.17. The largest absolute Gasteiger partial charge is 0.360 e. The zero-order valence-electron chi connectivity index (χ0n) is 9.07. The van der Waals surface area contributed by atoms with Gasteiger partial charge in [0.1, 0.15) is 5.71 Å². The van der Waals surface area contributed by atoms with Crippen LogP contribution in [0.2, 0.25) is 5.02 Å². The third-order valence-corrected chi connectivity index (χ3v) is 2.68. The van der Waals surface area contributed by atoms with Gasteiger partial charge in [-0.1, -0.05) is 11.6 Å². The molecular weight excluding hydrogens is 254 g/mol. The van der Waals surface area contributed by atoms with Crippen LogP contribution in [0, 0.1) is 0 Å². The molecule has 0 fully saturated rings. The predicted molar refractivity (Wildman–Crippen MR) is 67.0 cm³/mol. The van der Waals surface area contributed by atoms with Crippen LogP contribution in [0.15, 0.2) is 35.3 Å². The number of aromatic nitrogens is 3. The molecule has 18 heavy (non-hydrogen) atoms. The monoisotopic (exact) mass is 261 g/mol. The fourth-order valence-electron chi connectivity index (χ4n) is 1.67. The number of hydrogen-bond donors (Lipinski definition) is 3. The van der Waals surface area contributed by atoms with Gasteiger partial charge in [0, 0.05) is 24.3 Å². The molecule has 1 aliphatic rings. The molecule has 2 aromatic rings. The molecule has 0 aliphatic carbocycles. The van der Waals surface area contributed by atoms with Crippen LogP contribution >= 0.6 is 11.6 Å². The SMILES string of the molecule is O=C1NN=C(c2ncc[nH]2)C1=Cc1cc(Cl)c[nH]1. The minimum Gasteiger partial charge on any atom is -0.360 e. The summed E-state index contributed by atoms with van der Waals surface area (Å²) in [5.74, 6) is 0.268. The Bertz CT molecular complexity index is 653. The molecule has 0 saturated heterocycles. The smallest absolute Gasteiger partial charge is 0.273 e. The Morgan fingerprint density at radius 3 is 2.89 bits per heavy atom. The lowest BCUT2D eigenvalue weighted by atomic mass is 10.1. The second kappa shape index (κ2) is 4.15. The topological polar surface area (TPSA) is 85.9 Å². The van der Waals surface area contributed by atoms with E-state index in [1.165, 1.54) is 0 Å². The maximum Gasteiger partial charge on any atom is 0.273 e. The summed E-state index contributed by atoms with van der Waals surface area (Å²) >= 11 is 5.81. The van der Waals surface area contributed by atoms with Crippen LogP contribution < -0.4 is 5.43 Å². The number of carbonyl (C=O) groups excluding carboxylic acids is 1. The van der Waals surface area contributed by atoms with E-state index in [1.807, 2.05) is 0 Å². The molecule has 1 amide bonds. The molecule has 0 aromatic carbocycles. The van der Waals surface area contributed by atoms with Gasteiger partial charge in [0.15, 0.2) is 5.82 Å². The summed E-state index contributed by atoms with van der Waals surface area (Å²) in [4.78, 5) is 21.6. The molecule has 6 nitrogen and oxygen atoms in total. The van der Waals surface area contributed by atoms with E-state index in [-0.39, 0.29) is 5.91 Å². The Morgan fingerprint density at radius 2 is 2.22 bits per heavy atom. The van der Waals surface area contributed by atoms with Crippen molar-refractivity contribution in [1.82, 2.24) is 20.4 Å². The standard InChI is InChI=1S/C11H8ClN5O/c12-6-3-7(15-5-6)4-8-9(16-17-11(8)18)10-13-1-2-14-10/h1-5,15H,(H,13,14)(H,17,18). The van der Waals surface area contributed by atoms with Gasteiger partial charge in [0.05, 0.1) is 10.6 Å². The molecule has 7 heteroatoms. The van der Waals surface area contributed by atoms with Gasteiger partial charge in [-0.25, -0.2) is 10.4 Å². The van der Waals surface area contributed by atoms with Crippen LogP contribution in [-0.2, 0) is 4.79 Å². The van der Waals surface area contributed by atoms with Gasteiger partial charge in [0.2, 0.25) is 0 Å². The Labute approximate surface area is 107 Å². The van der Waals surface area contributed by atoms with Crippen molar-refractivity contribution in [3.63, 3.8) is 0 Å². The molecule has 3 heterocycles. The Hall–Kier alpha value is -2.34. The van der Waals surface area contributed by atoms with Crippen LogP contribution in [0.25, 0.3) is 6.08 Å². The highest BCUT2D eigenvalue weighted by Gasteiger charge is 2.25. The van der Waals surface area contributed by atoms with E-state index in [2.05, 4.69) is 25.5 Å². The van der Waals surface area contributed by atoms with Gasteiger partial charge < -0.3 is 9.97 Å². The summed E-state index contributed by atoms with van der Waals surface area (Å²) in [5.41, 5.74) is 4.05. The van der Waals surface area contributed by atoms with Gasteiger partial charge in [0.25, 0.3) is 5.91 Å². The average Bonchev–Trinajstić information content (AvgIpc) is 3.03. The van der Waals surface area contributed by atoms with Crippen molar-refractivity contribution in [3.05, 3.63) is 46.8 Å². The molecule has 0 radical (unpaired) electrons. The van der Waals surface area contributed by atoms with Gasteiger partial charge in [-0.2, -0.15) is 5.10 Å². The number of nitrogens with zero attached hydrogens (tertiary/aromatic N) is 2. The van der Waals surface area contributed by atoms with Crippen molar-refractivity contribution in [2.45, 2.75) is 0 Å². The summed E-state index contributed by atoms with van der Waals surface area (Å²) in [6, 6.07) is 1.72. The number of rotatable bonds is 2. The first-order valence-electron chi connectivity index (χ1n) is 5.18. The zero-order chi connectivity index (χ0) is 12.5. The molecule has 3 rings (SSSR count). The van der Waals surface area contributed by atoms with Crippen molar-refractivity contribution in [2.24, 2.45) is 5.10 Å². The lowest BCUT2D eigenvalue weighted by Crippen LogP contribution is -2.14. The van der Waals surface area contributed by atoms with Gasteiger partial charge in [-0.3, -0.25) is 4.79 Å². The number of hydrazone groups is 1. The second-order valence-corrected chi connectivity index (χ2v) is 4.11. The van der Waals surface area contributed by atoms with E-state index in [0.717, 1.165) is 5.69 Å². The van der Waals surface area contributed by atoms with Crippen LogP contribution in [0.5, 0.6) is 0 Å². The van der Waals surface area contributed by atoms with E-state index < -0.39 is 0 Å². The number of halogens is 1. The fraction of sp³-hybridized carbons (Fsp3) is 0. The lowest BCUT2D eigenvalue weighted by Gasteiger charge is -1.96. The fourth-order valence-corrected chi connectivity index (χ4v) is 1.84. The molecule has 1 aliphatic heterocycles. The number of carbonyl (C=O) groups is 1. The number of hydrogen-bond acceptors (Lipinski definition) is 3. The van der Waals surface area contributed by atoms with Crippen molar-refractivity contribution in [3.8, 4) is 0 Å². The third-order valence-electron chi connectivity index (χ3n) is 2.46. The molecule has 2 aromatic heterocycles. The Balaban J connectivity index is 2.01. The Morgan fingerprint density at radius 1 is 1.33 bits per heavy atom. The molecule has 90 valence electrons. The van der Waals surface area contributed by atoms with E-state index in [9.17, 15) is 4.79 Å². The van der Waals surface area contributed by atoms with Crippen LogP contribution in [-0.4, -0.2) is 26.6 Å². The van der Waals surface area contributed by atoms with E-state index in [1.54, 1.807) is 30.7 Å². The van der Waals surface area contributed by atoms with Crippen LogP contribution in [0.1, 0.15) is 11.5 Å². The van der Waals surface area contributed by atoms with E-state index in [4.69, 9.17) is 11.6 Å². The summed E-state index contributed by atoms with van der Waals surface area (Å²) < 4.78 is 0. The van der Waals surface area contributed by atoms with Gasteiger partial charge >= 0.3 is 0 Å². The van der Waals surface area contributed by atoms with E-state index >= 15 is 0 Å². The van der Waals surface area contributed by atoms with E-state index in [0.29, 0.717) is 22.1 Å². The highest BCUT2D eigenvalue weighted by molar-refractivity contribution is 6.32. The summed E-state index contributed by atoms with van der Waals surface area (Å²) in [6.45, 7) is 0. The van der Waals surface area contributed by atoms with Crippen molar-refractivity contribution >= 4 is 29.3 Å². The molecular formula is C11H8ClN5O. The van der Waals surface area contributed by atoms with Crippen LogP contribution in [0.4, 0.5) is 0 Å². The predicted octanol–water partition coefficient (Wildman–Crippen LogP) is 1.31. The summed E-state index contributed by atoms with van der Waals surface area (Å²) in [6.07, 6.45) is 6.59. The van der Waals surface area contributed by atoms with Crippen molar-refractivity contribution < 1.29 is 4.79 Å². The molecule has 0 spiro atoms. The maximum atomic E-state index is 11.7. The van der Waals surface area contributed by atoms with Gasteiger partial charge in [-0.15, -0.1) is 0 Å². The molecule has 0 bridgehead atoms. The average molecular weight is 262 g/mol. The number of H-pyrrole nitrogens is 2. The first-order chi connectivity index (χ1) is 8.74. The summed E-state index contributed by atoms with van der Waals surface area (Å²) in [5, 5.41) is 4.53. The lowest BCUT2D eigenvalue weighted by molar-refractivity contribution is -0.116. The number of imidazole rings is 1. The quantitative estimate of drug-likeness (QED) is 0.712. The number of aromatic amines is 2. The highest BCUT2D eigenvalue weighted by atomic mass is 35.5. The minimum atomic E-state index is -0.271. The van der Waals surface area contributed by atoms with Crippen LogP contribution in [0.3, 0.4) is 0 Å². The molecule has 0 atom stereocenters. The minimum absolute atomic E-state index is 0.271. The van der Waals surface area contributed by atoms with Crippen molar-refractivity contribution in [2.75, 3.05) is 0 Å². The maximum absolute atomic E-state index is 11.7. The molecule has 0 unspecified atom stereocenters. The van der Waals surface area contributed by atoms with Gasteiger partial charge in [-0.05, 0) is 12.1 Å².